The molecule has 0 fully saturated rings. The number of nitrogens with one attached hydrogen (secondary N) is 2. The molecule has 0 unspecified atom stereocenters. The van der Waals surface area contributed by atoms with E-state index in [0.717, 1.165) is 6.54 Å². The molecule has 0 spiro atoms. The average molecular weight is 394 g/mol. The first kappa shape index (κ1) is 20.5. The first-order valence-electron chi connectivity index (χ1n) is 8.69. The number of benzene rings is 1. The van der Waals surface area contributed by atoms with Gasteiger partial charge in [0.2, 0.25) is 0 Å². The minimum absolute atomic E-state index is 0.0236. The van der Waals surface area contributed by atoms with Crippen molar-refractivity contribution in [3.8, 4) is 0 Å². The lowest BCUT2D eigenvalue weighted by molar-refractivity contribution is 0.548. The molecular formula is C19H27N3O2S2. The lowest BCUT2D eigenvalue weighted by Gasteiger charge is -2.21. The Kier molecular flexibility index (Phi) is 7.23. The first-order chi connectivity index (χ1) is 12.3. The van der Waals surface area contributed by atoms with Gasteiger partial charge in [-0.25, -0.2) is 8.42 Å². The summed E-state index contributed by atoms with van der Waals surface area (Å²) in [6.45, 7) is 7.95. The van der Waals surface area contributed by atoms with Crippen molar-refractivity contribution in [1.82, 2.24) is 10.6 Å². The van der Waals surface area contributed by atoms with Crippen LogP contribution in [0.4, 0.5) is 0 Å². The van der Waals surface area contributed by atoms with Crippen LogP contribution in [0.3, 0.4) is 0 Å². The van der Waals surface area contributed by atoms with E-state index in [2.05, 4.69) is 40.9 Å². The van der Waals surface area contributed by atoms with Crippen LogP contribution < -0.4 is 10.6 Å². The molecule has 1 aromatic carbocycles. The van der Waals surface area contributed by atoms with Crippen molar-refractivity contribution in [3.63, 3.8) is 0 Å². The molecule has 0 amide bonds. The van der Waals surface area contributed by atoms with Crippen molar-refractivity contribution in [2.24, 2.45) is 4.99 Å². The third kappa shape index (κ3) is 5.85. The summed E-state index contributed by atoms with van der Waals surface area (Å²) in [6, 6.07) is 12.7. The van der Waals surface area contributed by atoms with E-state index in [4.69, 9.17) is 0 Å². The topological polar surface area (TPSA) is 70.6 Å². The van der Waals surface area contributed by atoms with Gasteiger partial charge in [0.15, 0.2) is 15.8 Å². The molecule has 2 rings (SSSR count). The quantitative estimate of drug-likeness (QED) is 0.534. The summed E-state index contributed by atoms with van der Waals surface area (Å²) >= 11 is 1.72. The van der Waals surface area contributed by atoms with E-state index >= 15 is 0 Å². The van der Waals surface area contributed by atoms with Gasteiger partial charge in [0.1, 0.15) is 0 Å². The van der Waals surface area contributed by atoms with Crippen LogP contribution in [-0.2, 0) is 15.3 Å². The Labute approximate surface area is 160 Å². The molecule has 7 heteroatoms. The average Bonchev–Trinajstić information content (AvgIpc) is 3.16. The molecule has 0 radical (unpaired) electrons. The van der Waals surface area contributed by atoms with Gasteiger partial charge in [-0.2, -0.15) is 0 Å². The van der Waals surface area contributed by atoms with Crippen molar-refractivity contribution in [3.05, 3.63) is 52.7 Å². The predicted octanol–water partition coefficient (Wildman–Crippen LogP) is 3.05. The van der Waals surface area contributed by atoms with Gasteiger partial charge in [0, 0.05) is 23.4 Å². The fraction of sp³-hybridized carbons (Fsp3) is 0.421. The molecule has 0 atom stereocenters. The maximum atomic E-state index is 12.3. The van der Waals surface area contributed by atoms with Crippen LogP contribution in [0.5, 0.6) is 0 Å². The third-order valence-electron chi connectivity index (χ3n) is 3.93. The van der Waals surface area contributed by atoms with E-state index in [-0.39, 0.29) is 11.2 Å². The van der Waals surface area contributed by atoms with Crippen LogP contribution >= 0.6 is 11.3 Å². The second-order valence-electron chi connectivity index (χ2n) is 6.62. The van der Waals surface area contributed by atoms with Crippen LogP contribution in [0.1, 0.15) is 25.6 Å². The molecule has 1 heterocycles. The summed E-state index contributed by atoms with van der Waals surface area (Å²) in [5.41, 5.74) is -0.0629. The highest BCUT2D eigenvalue weighted by Crippen LogP contribution is 2.27. The van der Waals surface area contributed by atoms with E-state index in [9.17, 15) is 8.42 Å². The van der Waals surface area contributed by atoms with Crippen LogP contribution in [0.15, 0.2) is 57.7 Å². The van der Waals surface area contributed by atoms with E-state index in [1.807, 2.05) is 19.1 Å². The van der Waals surface area contributed by atoms with Gasteiger partial charge in [-0.3, -0.25) is 4.99 Å². The molecule has 0 aliphatic carbocycles. The van der Waals surface area contributed by atoms with Gasteiger partial charge >= 0.3 is 0 Å². The van der Waals surface area contributed by atoms with Crippen LogP contribution in [0, 0.1) is 0 Å². The Bertz CT molecular complexity index is 799. The number of nitrogens with zero attached hydrogens (tertiary/aromatic N) is 1. The number of hydrogen-bond donors (Lipinski definition) is 2. The van der Waals surface area contributed by atoms with Gasteiger partial charge in [0.05, 0.1) is 17.2 Å². The van der Waals surface area contributed by atoms with E-state index in [1.54, 1.807) is 35.6 Å². The van der Waals surface area contributed by atoms with E-state index in [1.165, 1.54) is 4.88 Å². The monoisotopic (exact) mass is 393 g/mol. The minimum Gasteiger partial charge on any atom is -0.357 e. The molecule has 2 aromatic rings. The lowest BCUT2D eigenvalue weighted by Crippen LogP contribution is -2.40. The fourth-order valence-corrected chi connectivity index (χ4v) is 4.43. The second-order valence-corrected chi connectivity index (χ2v) is 9.67. The maximum Gasteiger partial charge on any atom is 0.191 e. The fourth-order valence-electron chi connectivity index (χ4n) is 2.41. The van der Waals surface area contributed by atoms with Gasteiger partial charge in [0.25, 0.3) is 0 Å². The van der Waals surface area contributed by atoms with Gasteiger partial charge in [-0.15, -0.1) is 11.3 Å². The van der Waals surface area contributed by atoms with Crippen molar-refractivity contribution >= 4 is 27.1 Å². The van der Waals surface area contributed by atoms with Crippen molar-refractivity contribution in [1.29, 1.82) is 0 Å². The molecule has 5 nitrogen and oxygen atoms in total. The molecule has 0 saturated heterocycles. The highest BCUT2D eigenvalue weighted by Gasteiger charge is 2.21. The summed E-state index contributed by atoms with van der Waals surface area (Å²) in [7, 11) is -3.29. The zero-order chi connectivity index (χ0) is 19.0. The standard InChI is InChI=1S/C19H27N3O2S2/c1-4-20-18(22-15-19(2,3)17-11-8-13-25-17)21-12-14-26(23,24)16-9-6-5-7-10-16/h5-11,13H,4,12,14-15H2,1-3H3,(H2,20,21,22). The Morgan fingerprint density at radius 2 is 1.85 bits per heavy atom. The Morgan fingerprint density at radius 3 is 2.46 bits per heavy atom. The molecule has 26 heavy (non-hydrogen) atoms. The zero-order valence-electron chi connectivity index (χ0n) is 15.5. The molecule has 0 saturated carbocycles. The number of aliphatic imine (C=N–C) groups is 1. The third-order valence-corrected chi connectivity index (χ3v) is 6.90. The normalized spacial score (nSPS) is 12.8. The smallest absolute Gasteiger partial charge is 0.191 e. The Morgan fingerprint density at radius 1 is 1.12 bits per heavy atom. The SMILES string of the molecule is CCNC(=NCC(C)(C)c1cccs1)NCCS(=O)(=O)c1ccccc1. The van der Waals surface area contributed by atoms with Crippen molar-refractivity contribution < 1.29 is 8.42 Å². The summed E-state index contributed by atoms with van der Waals surface area (Å²) in [5.74, 6) is 0.663. The van der Waals surface area contributed by atoms with E-state index < -0.39 is 9.84 Å². The summed E-state index contributed by atoms with van der Waals surface area (Å²) in [4.78, 5) is 6.27. The molecule has 142 valence electrons. The molecule has 1 aromatic heterocycles. The second kappa shape index (κ2) is 9.19. The van der Waals surface area contributed by atoms with Crippen LogP contribution in [0.2, 0.25) is 0 Å². The molecule has 2 N–H and O–H groups in total. The minimum atomic E-state index is -3.29. The largest absolute Gasteiger partial charge is 0.357 e. The summed E-state index contributed by atoms with van der Waals surface area (Å²) < 4.78 is 24.7. The first-order valence-corrected chi connectivity index (χ1v) is 11.2. The molecule has 0 bridgehead atoms. The van der Waals surface area contributed by atoms with Crippen LogP contribution in [-0.4, -0.2) is 39.8 Å². The number of guanidine groups is 1. The highest BCUT2D eigenvalue weighted by molar-refractivity contribution is 7.91. The highest BCUT2D eigenvalue weighted by atomic mass is 32.2. The van der Waals surface area contributed by atoms with Crippen molar-refractivity contribution in [2.75, 3.05) is 25.4 Å². The van der Waals surface area contributed by atoms with E-state index in [0.29, 0.717) is 23.9 Å². The number of thiophene rings is 1. The Hall–Kier alpha value is -1.86. The summed E-state index contributed by atoms with van der Waals surface area (Å²) in [6.07, 6.45) is 0. The predicted molar refractivity (Wildman–Crippen MR) is 110 cm³/mol. The maximum absolute atomic E-state index is 12.3. The lowest BCUT2D eigenvalue weighted by atomic mass is 9.92. The number of rotatable bonds is 8. The Balaban J connectivity index is 1.95. The zero-order valence-corrected chi connectivity index (χ0v) is 17.2. The van der Waals surface area contributed by atoms with Gasteiger partial charge in [-0.05, 0) is 30.5 Å². The van der Waals surface area contributed by atoms with Crippen LogP contribution in [0.25, 0.3) is 0 Å². The van der Waals surface area contributed by atoms with Gasteiger partial charge < -0.3 is 10.6 Å². The molecule has 0 aliphatic heterocycles. The molecular weight excluding hydrogens is 366 g/mol. The van der Waals surface area contributed by atoms with Crippen molar-refractivity contribution in [2.45, 2.75) is 31.1 Å². The summed E-state index contributed by atoms with van der Waals surface area (Å²) in [5, 5.41) is 8.37. The molecule has 0 aliphatic rings. The number of sulfone groups is 1. The van der Waals surface area contributed by atoms with Gasteiger partial charge in [-0.1, -0.05) is 38.1 Å². The number of hydrogen-bond acceptors (Lipinski definition) is 4.